The van der Waals surface area contributed by atoms with Crippen molar-refractivity contribution in [1.29, 1.82) is 5.26 Å². The molecule has 0 bridgehead atoms. The molecule has 0 heterocycles. The molecule has 23 heavy (non-hydrogen) atoms. The minimum Gasteiger partial charge on any atom is -0.481 e. The number of carboxylic acid groups (broad SMARTS) is 1. The van der Waals surface area contributed by atoms with Gasteiger partial charge in [-0.25, -0.2) is 0 Å². The number of nitriles is 1. The van der Waals surface area contributed by atoms with Crippen LogP contribution >= 0.6 is 0 Å². The third kappa shape index (κ3) is 11.2. The van der Waals surface area contributed by atoms with Gasteiger partial charge in [0, 0.05) is 32.3 Å². The molecule has 0 atom stereocenters. The van der Waals surface area contributed by atoms with Crippen LogP contribution in [0.1, 0.15) is 39.5 Å². The Morgan fingerprint density at radius 3 is 2.43 bits per heavy atom. The second kappa shape index (κ2) is 13.6. The topological polar surface area (TPSA) is 105 Å². The first-order chi connectivity index (χ1) is 11.0. The lowest BCUT2D eigenvalue weighted by Crippen LogP contribution is -2.31. The largest absolute Gasteiger partial charge is 0.481 e. The summed E-state index contributed by atoms with van der Waals surface area (Å²) >= 11 is 0. The predicted octanol–water partition coefficient (Wildman–Crippen LogP) is 1.09. The molecule has 7 nitrogen and oxygen atoms in total. The van der Waals surface area contributed by atoms with Gasteiger partial charge in [0.25, 0.3) is 5.91 Å². The molecule has 3 N–H and O–H groups in total. The van der Waals surface area contributed by atoms with E-state index in [2.05, 4.69) is 29.4 Å². The number of amides is 1. The Balaban J connectivity index is 3.95. The Bertz CT molecular complexity index is 426. The van der Waals surface area contributed by atoms with Crippen LogP contribution in [-0.4, -0.2) is 54.6 Å². The molecule has 0 saturated heterocycles. The molecule has 0 aromatic rings. The summed E-state index contributed by atoms with van der Waals surface area (Å²) in [4.78, 5) is 24.4. The van der Waals surface area contributed by atoms with Crippen molar-refractivity contribution < 1.29 is 14.7 Å². The van der Waals surface area contributed by atoms with Gasteiger partial charge in [0.05, 0.1) is 0 Å². The highest BCUT2D eigenvalue weighted by atomic mass is 16.4. The highest BCUT2D eigenvalue weighted by Gasteiger charge is 2.07. The molecule has 0 radical (unpaired) electrons. The molecule has 0 aromatic heterocycles. The summed E-state index contributed by atoms with van der Waals surface area (Å²) in [7, 11) is 0. The van der Waals surface area contributed by atoms with E-state index in [0.29, 0.717) is 25.9 Å². The molecule has 0 unspecified atom stereocenters. The maximum atomic E-state index is 11.8. The van der Waals surface area contributed by atoms with Gasteiger partial charge in [0.15, 0.2) is 0 Å². The van der Waals surface area contributed by atoms with Crippen molar-refractivity contribution in [1.82, 2.24) is 15.5 Å². The Morgan fingerprint density at radius 2 is 1.87 bits per heavy atom. The van der Waals surface area contributed by atoms with Gasteiger partial charge in [-0.1, -0.05) is 20.3 Å². The van der Waals surface area contributed by atoms with Crippen molar-refractivity contribution in [3.63, 3.8) is 0 Å². The molecule has 0 saturated carbocycles. The molecular formula is C16H28N4O3. The van der Waals surface area contributed by atoms with Crippen LogP contribution in [-0.2, 0) is 9.59 Å². The minimum absolute atomic E-state index is 0.0510. The maximum Gasteiger partial charge on any atom is 0.303 e. The van der Waals surface area contributed by atoms with Crippen LogP contribution in [0.5, 0.6) is 0 Å². The molecule has 0 spiro atoms. The number of aliphatic carboxylic acids is 1. The number of carboxylic acids is 1. The first-order valence-corrected chi connectivity index (χ1v) is 8.11. The van der Waals surface area contributed by atoms with E-state index < -0.39 is 11.9 Å². The van der Waals surface area contributed by atoms with Gasteiger partial charge < -0.3 is 20.6 Å². The van der Waals surface area contributed by atoms with E-state index in [1.54, 1.807) is 0 Å². The predicted molar refractivity (Wildman–Crippen MR) is 88.6 cm³/mol. The number of hydrogen-bond acceptors (Lipinski definition) is 5. The SMILES string of the molecule is CCN(CC)CCN/C=C(/C#N)C(=O)NCCCCCC(=O)O. The van der Waals surface area contributed by atoms with Crippen molar-refractivity contribution in [2.45, 2.75) is 39.5 Å². The number of rotatable bonds is 13. The average Bonchev–Trinajstić information content (AvgIpc) is 2.54. The molecule has 0 aliphatic carbocycles. The van der Waals surface area contributed by atoms with Crippen LogP contribution in [0.4, 0.5) is 0 Å². The van der Waals surface area contributed by atoms with E-state index in [-0.39, 0.29) is 12.0 Å². The van der Waals surface area contributed by atoms with Crippen molar-refractivity contribution in [2.24, 2.45) is 0 Å². The standard InChI is InChI=1S/C16H28N4O3/c1-3-20(4-2)11-10-18-13-14(12-17)16(23)19-9-7-5-6-8-15(21)22/h13,18H,3-11H2,1-2H3,(H,19,23)(H,21,22)/b14-13-. The second-order valence-corrected chi connectivity index (χ2v) is 5.11. The number of nitrogens with one attached hydrogen (secondary N) is 2. The summed E-state index contributed by atoms with van der Waals surface area (Å²) in [5.41, 5.74) is 0.0510. The van der Waals surface area contributed by atoms with Gasteiger partial charge in [-0.05, 0) is 25.9 Å². The van der Waals surface area contributed by atoms with Crippen molar-refractivity contribution >= 4 is 11.9 Å². The van der Waals surface area contributed by atoms with E-state index in [1.165, 1.54) is 6.20 Å². The lowest BCUT2D eigenvalue weighted by Gasteiger charge is -2.17. The third-order valence-corrected chi connectivity index (χ3v) is 3.43. The van der Waals surface area contributed by atoms with E-state index in [4.69, 9.17) is 10.4 Å². The van der Waals surface area contributed by atoms with Gasteiger partial charge in [0.2, 0.25) is 0 Å². The van der Waals surface area contributed by atoms with Gasteiger partial charge in [-0.2, -0.15) is 5.26 Å². The van der Waals surface area contributed by atoms with Crippen LogP contribution in [0.2, 0.25) is 0 Å². The summed E-state index contributed by atoms with van der Waals surface area (Å²) in [5, 5.41) is 23.2. The Morgan fingerprint density at radius 1 is 1.17 bits per heavy atom. The number of hydrogen-bond donors (Lipinski definition) is 3. The summed E-state index contributed by atoms with van der Waals surface area (Å²) in [6.45, 7) is 8.08. The number of unbranched alkanes of at least 4 members (excludes halogenated alkanes) is 2. The first-order valence-electron chi connectivity index (χ1n) is 8.11. The van der Waals surface area contributed by atoms with Crippen LogP contribution in [0.25, 0.3) is 0 Å². The average molecular weight is 324 g/mol. The fourth-order valence-electron chi connectivity index (χ4n) is 1.96. The highest BCUT2D eigenvalue weighted by molar-refractivity contribution is 5.97. The van der Waals surface area contributed by atoms with E-state index in [9.17, 15) is 9.59 Å². The molecule has 0 rings (SSSR count). The van der Waals surface area contributed by atoms with Gasteiger partial charge in [-0.3, -0.25) is 9.59 Å². The quantitative estimate of drug-likeness (QED) is 0.266. The van der Waals surface area contributed by atoms with Crippen LogP contribution in [0.3, 0.4) is 0 Å². The zero-order chi connectivity index (χ0) is 17.5. The summed E-state index contributed by atoms with van der Waals surface area (Å²) in [6, 6.07) is 1.88. The zero-order valence-electron chi connectivity index (χ0n) is 14.1. The molecule has 1 amide bonds. The fraction of sp³-hybridized carbons (Fsp3) is 0.688. The molecule has 0 aliphatic rings. The normalized spacial score (nSPS) is 11.1. The van der Waals surface area contributed by atoms with Gasteiger partial charge in [0.1, 0.15) is 11.6 Å². The monoisotopic (exact) mass is 324 g/mol. The minimum atomic E-state index is -0.806. The van der Waals surface area contributed by atoms with E-state index in [0.717, 1.165) is 26.1 Å². The first kappa shape index (κ1) is 20.9. The molecular weight excluding hydrogens is 296 g/mol. The molecule has 0 aliphatic heterocycles. The Labute approximate surface area is 138 Å². The lowest BCUT2D eigenvalue weighted by molar-refractivity contribution is -0.137. The van der Waals surface area contributed by atoms with E-state index in [1.807, 2.05) is 6.07 Å². The second-order valence-electron chi connectivity index (χ2n) is 5.11. The third-order valence-electron chi connectivity index (χ3n) is 3.43. The van der Waals surface area contributed by atoms with Crippen molar-refractivity contribution in [3.8, 4) is 6.07 Å². The lowest BCUT2D eigenvalue weighted by atomic mass is 10.2. The maximum absolute atomic E-state index is 11.8. The zero-order valence-corrected chi connectivity index (χ0v) is 14.1. The molecule has 0 aromatic carbocycles. The number of carbonyl (C=O) groups is 2. The summed E-state index contributed by atoms with van der Waals surface area (Å²) in [6.07, 6.45) is 3.63. The summed E-state index contributed by atoms with van der Waals surface area (Å²) in [5.74, 6) is -1.21. The van der Waals surface area contributed by atoms with Crippen molar-refractivity contribution in [2.75, 3.05) is 32.7 Å². The number of likely N-dealkylation sites (N-methyl/N-ethyl adjacent to an activating group) is 1. The molecule has 130 valence electrons. The summed E-state index contributed by atoms with van der Waals surface area (Å²) < 4.78 is 0. The highest BCUT2D eigenvalue weighted by Crippen LogP contribution is 1.99. The molecule has 0 fully saturated rings. The van der Waals surface area contributed by atoms with Crippen LogP contribution in [0.15, 0.2) is 11.8 Å². The van der Waals surface area contributed by atoms with E-state index >= 15 is 0 Å². The van der Waals surface area contributed by atoms with Gasteiger partial charge in [-0.15, -0.1) is 0 Å². The molecule has 7 heteroatoms. The fourth-order valence-corrected chi connectivity index (χ4v) is 1.96. The van der Waals surface area contributed by atoms with Gasteiger partial charge >= 0.3 is 5.97 Å². The van der Waals surface area contributed by atoms with Crippen molar-refractivity contribution in [3.05, 3.63) is 11.8 Å². The number of carbonyl (C=O) groups excluding carboxylic acids is 1. The smallest absolute Gasteiger partial charge is 0.303 e. The van der Waals surface area contributed by atoms with Crippen LogP contribution in [0, 0.1) is 11.3 Å². The Kier molecular flexibility index (Phi) is 12.4. The van der Waals surface area contributed by atoms with Crippen LogP contribution < -0.4 is 10.6 Å². The number of nitrogens with zero attached hydrogens (tertiary/aromatic N) is 2. The Hall–Kier alpha value is -2.07.